The fourth-order valence-electron chi connectivity index (χ4n) is 3.45. The zero-order valence-electron chi connectivity index (χ0n) is 15.0. The smallest absolute Gasteiger partial charge is 0.269 e. The van der Waals surface area contributed by atoms with Gasteiger partial charge in [0.15, 0.2) is 0 Å². The Morgan fingerprint density at radius 1 is 1.04 bits per heavy atom. The Morgan fingerprint density at radius 2 is 1.70 bits per heavy atom. The quantitative estimate of drug-likeness (QED) is 0.673. The molecule has 1 saturated heterocycles. The second kappa shape index (κ2) is 7.37. The maximum absolute atomic E-state index is 13.0. The van der Waals surface area contributed by atoms with E-state index in [-0.39, 0.29) is 11.5 Å². The van der Waals surface area contributed by atoms with Crippen LogP contribution in [-0.2, 0) is 4.79 Å². The maximum Gasteiger partial charge on any atom is 0.269 e. The average molecular weight is 402 g/mol. The van der Waals surface area contributed by atoms with Gasteiger partial charge in [-0.05, 0) is 43.3 Å². The fourth-order valence-corrected chi connectivity index (χ4v) is 4.61. The van der Waals surface area contributed by atoms with Crippen molar-refractivity contribution >= 4 is 44.8 Å². The highest BCUT2D eigenvalue weighted by Gasteiger charge is 2.27. The van der Waals surface area contributed by atoms with E-state index in [1.165, 1.54) is 11.5 Å². The number of piperazine rings is 1. The molecule has 1 fully saturated rings. The van der Waals surface area contributed by atoms with Crippen molar-refractivity contribution in [3.8, 4) is 0 Å². The second-order valence-corrected chi connectivity index (χ2v) is 8.14. The van der Waals surface area contributed by atoms with Crippen LogP contribution < -0.4 is 10.5 Å². The van der Waals surface area contributed by atoms with Crippen molar-refractivity contribution in [1.29, 1.82) is 0 Å². The lowest BCUT2D eigenvalue weighted by molar-refractivity contribution is -0.134. The molecule has 2 aromatic carbocycles. The van der Waals surface area contributed by atoms with Crippen molar-refractivity contribution in [1.82, 2.24) is 8.86 Å². The van der Waals surface area contributed by atoms with Gasteiger partial charge in [-0.25, -0.2) is 0 Å². The van der Waals surface area contributed by atoms with Crippen LogP contribution in [0.3, 0.4) is 0 Å². The van der Waals surface area contributed by atoms with Crippen LogP contribution in [0.25, 0.3) is 10.1 Å². The maximum atomic E-state index is 13.0. The number of carbonyl (C=O) groups excluding carboxylic acids is 1. The van der Waals surface area contributed by atoms with Gasteiger partial charge >= 0.3 is 0 Å². The minimum atomic E-state index is -0.489. The van der Waals surface area contributed by atoms with E-state index < -0.39 is 6.04 Å². The summed E-state index contributed by atoms with van der Waals surface area (Å²) in [6.45, 7) is 4.63. The van der Waals surface area contributed by atoms with Crippen LogP contribution in [0, 0.1) is 0 Å². The normalized spacial score (nSPS) is 15.9. The summed E-state index contributed by atoms with van der Waals surface area (Å²) in [6, 6.07) is 14.8. The number of halogens is 1. The number of hydrogen-bond acceptors (Lipinski definition) is 4. The molecule has 0 unspecified atom stereocenters. The van der Waals surface area contributed by atoms with Gasteiger partial charge in [-0.1, -0.05) is 35.3 Å². The summed E-state index contributed by atoms with van der Waals surface area (Å²) in [7, 11) is 0. The molecule has 0 N–H and O–H groups in total. The monoisotopic (exact) mass is 401 g/mol. The molecule has 7 heteroatoms. The van der Waals surface area contributed by atoms with E-state index in [9.17, 15) is 9.59 Å². The summed E-state index contributed by atoms with van der Waals surface area (Å²) in [6.07, 6.45) is 0. The molecule has 27 heavy (non-hydrogen) atoms. The van der Waals surface area contributed by atoms with Gasteiger partial charge in [-0.2, -0.15) is 0 Å². The number of rotatable bonds is 3. The minimum Gasteiger partial charge on any atom is -0.368 e. The number of amides is 1. The zero-order valence-corrected chi connectivity index (χ0v) is 16.5. The Bertz CT molecular complexity index is 1020. The molecular formula is C20H20ClN3O2S. The number of anilines is 1. The molecule has 1 atom stereocenters. The first kappa shape index (κ1) is 18.1. The number of nitrogens with zero attached hydrogens (tertiary/aromatic N) is 3. The van der Waals surface area contributed by atoms with E-state index in [1.54, 1.807) is 3.96 Å². The van der Waals surface area contributed by atoms with Crippen molar-refractivity contribution in [2.75, 3.05) is 31.1 Å². The first-order valence-corrected chi connectivity index (χ1v) is 10.1. The molecule has 3 aromatic rings. The van der Waals surface area contributed by atoms with Crippen molar-refractivity contribution in [2.45, 2.75) is 13.0 Å². The number of carbonyl (C=O) groups is 1. The SMILES string of the molecule is C[C@@H](C(=O)N1CCN(c2ccc(Cl)cc2)CC1)n1sc2ccccc2c1=O. The van der Waals surface area contributed by atoms with Gasteiger partial charge in [0.2, 0.25) is 5.91 Å². The molecule has 1 aliphatic rings. The van der Waals surface area contributed by atoms with Crippen LogP contribution in [-0.4, -0.2) is 40.9 Å². The van der Waals surface area contributed by atoms with Crippen LogP contribution in [0.4, 0.5) is 5.69 Å². The van der Waals surface area contributed by atoms with Gasteiger partial charge in [0.1, 0.15) is 6.04 Å². The van der Waals surface area contributed by atoms with Crippen LogP contribution in [0.15, 0.2) is 53.3 Å². The summed E-state index contributed by atoms with van der Waals surface area (Å²) >= 11 is 7.31. The third-order valence-corrected chi connectivity index (χ3v) is 6.49. The molecule has 140 valence electrons. The van der Waals surface area contributed by atoms with Crippen molar-refractivity contribution in [3.05, 3.63) is 63.9 Å². The highest BCUT2D eigenvalue weighted by molar-refractivity contribution is 7.14. The summed E-state index contributed by atoms with van der Waals surface area (Å²) in [5.41, 5.74) is 1.02. The molecule has 1 aliphatic heterocycles. The largest absolute Gasteiger partial charge is 0.368 e. The molecule has 0 saturated carbocycles. The third-order valence-electron chi connectivity index (χ3n) is 5.01. The summed E-state index contributed by atoms with van der Waals surface area (Å²) in [5, 5.41) is 1.39. The number of benzene rings is 2. The number of fused-ring (bicyclic) bond motifs is 1. The number of aromatic nitrogens is 1. The molecule has 0 aliphatic carbocycles. The predicted octanol–water partition coefficient (Wildman–Crippen LogP) is 3.63. The standard InChI is InChI=1S/C20H20ClN3O2S/c1-14(24-20(26)17-4-2-3-5-18(17)27-24)19(25)23-12-10-22(11-13-23)16-8-6-15(21)7-9-16/h2-9,14H,10-13H2,1H3/t14-/m0/s1. The molecule has 0 radical (unpaired) electrons. The van der Waals surface area contributed by atoms with E-state index in [0.717, 1.165) is 28.5 Å². The van der Waals surface area contributed by atoms with Gasteiger partial charge in [0.05, 0.1) is 10.1 Å². The Kier molecular flexibility index (Phi) is 4.93. The van der Waals surface area contributed by atoms with Gasteiger partial charge in [-0.3, -0.25) is 13.5 Å². The summed E-state index contributed by atoms with van der Waals surface area (Å²) < 4.78 is 2.51. The highest BCUT2D eigenvalue weighted by atomic mass is 35.5. The Balaban J connectivity index is 1.46. The van der Waals surface area contributed by atoms with Gasteiger partial charge in [0, 0.05) is 36.9 Å². The van der Waals surface area contributed by atoms with Crippen molar-refractivity contribution < 1.29 is 4.79 Å². The summed E-state index contributed by atoms with van der Waals surface area (Å²) in [4.78, 5) is 29.7. The third kappa shape index (κ3) is 3.47. The molecule has 4 rings (SSSR count). The van der Waals surface area contributed by atoms with Crippen molar-refractivity contribution in [3.63, 3.8) is 0 Å². The molecule has 1 amide bonds. The van der Waals surface area contributed by atoms with Crippen LogP contribution in [0.2, 0.25) is 5.02 Å². The van der Waals surface area contributed by atoms with E-state index >= 15 is 0 Å². The zero-order chi connectivity index (χ0) is 19.0. The first-order chi connectivity index (χ1) is 13.0. The lowest BCUT2D eigenvalue weighted by atomic mass is 10.2. The predicted molar refractivity (Wildman–Crippen MR) is 111 cm³/mol. The lowest BCUT2D eigenvalue weighted by Gasteiger charge is -2.37. The first-order valence-electron chi connectivity index (χ1n) is 8.94. The van der Waals surface area contributed by atoms with Gasteiger partial charge in [-0.15, -0.1) is 0 Å². The van der Waals surface area contributed by atoms with E-state index in [2.05, 4.69) is 4.90 Å². The van der Waals surface area contributed by atoms with Gasteiger partial charge in [0.25, 0.3) is 5.56 Å². The molecule has 5 nitrogen and oxygen atoms in total. The van der Waals surface area contributed by atoms with E-state index in [4.69, 9.17) is 11.6 Å². The summed E-state index contributed by atoms with van der Waals surface area (Å²) in [5.74, 6) is -0.000544. The molecule has 1 aromatic heterocycles. The Labute approximate surface area is 166 Å². The van der Waals surface area contributed by atoms with Crippen LogP contribution in [0.5, 0.6) is 0 Å². The molecular weight excluding hydrogens is 382 g/mol. The minimum absolute atomic E-state index is 0.000544. The molecule has 2 heterocycles. The topological polar surface area (TPSA) is 45.6 Å². The van der Waals surface area contributed by atoms with Crippen LogP contribution in [0.1, 0.15) is 13.0 Å². The highest BCUT2D eigenvalue weighted by Crippen LogP contribution is 2.23. The molecule has 0 bridgehead atoms. The van der Waals surface area contributed by atoms with Crippen LogP contribution >= 0.6 is 23.1 Å². The fraction of sp³-hybridized carbons (Fsp3) is 0.300. The van der Waals surface area contributed by atoms with E-state index in [0.29, 0.717) is 18.5 Å². The second-order valence-electron chi connectivity index (χ2n) is 6.68. The van der Waals surface area contributed by atoms with Gasteiger partial charge < -0.3 is 9.80 Å². The lowest BCUT2D eigenvalue weighted by Crippen LogP contribution is -2.50. The Hall–Kier alpha value is -2.31. The van der Waals surface area contributed by atoms with Crippen molar-refractivity contribution in [2.24, 2.45) is 0 Å². The van der Waals surface area contributed by atoms with E-state index in [1.807, 2.05) is 60.4 Å². The Morgan fingerprint density at radius 3 is 2.37 bits per heavy atom. The number of hydrogen-bond donors (Lipinski definition) is 0. The molecule has 0 spiro atoms. The average Bonchev–Trinajstić information content (AvgIpc) is 3.04.